The minimum atomic E-state index is -0.268. The van der Waals surface area contributed by atoms with Crippen molar-refractivity contribution in [2.75, 3.05) is 18.9 Å². The lowest BCUT2D eigenvalue weighted by atomic mass is 10.2. The van der Waals surface area contributed by atoms with E-state index in [0.29, 0.717) is 6.54 Å². The van der Waals surface area contributed by atoms with Crippen LogP contribution in [-0.2, 0) is 9.53 Å². The van der Waals surface area contributed by atoms with E-state index in [0.717, 1.165) is 5.75 Å². The molecule has 18 heavy (non-hydrogen) atoms. The molecule has 0 aromatic heterocycles. The Kier molecular flexibility index (Phi) is 6.22. The van der Waals surface area contributed by atoms with Crippen LogP contribution in [0, 0.1) is 0 Å². The molecule has 0 aliphatic carbocycles. The Hall–Kier alpha value is -1.00. The van der Waals surface area contributed by atoms with Crippen LogP contribution in [0.5, 0.6) is 0 Å². The molecule has 0 saturated carbocycles. The molecule has 1 aromatic rings. The van der Waals surface area contributed by atoms with Crippen molar-refractivity contribution in [2.45, 2.75) is 31.3 Å². The minimum absolute atomic E-state index is 0.0569. The van der Waals surface area contributed by atoms with Gasteiger partial charge in [-0.2, -0.15) is 0 Å². The van der Waals surface area contributed by atoms with Crippen molar-refractivity contribution in [3.8, 4) is 0 Å². The van der Waals surface area contributed by atoms with Crippen LogP contribution in [0.15, 0.2) is 35.2 Å². The van der Waals surface area contributed by atoms with Crippen LogP contribution < -0.4 is 5.32 Å². The van der Waals surface area contributed by atoms with Gasteiger partial charge < -0.3 is 10.1 Å². The monoisotopic (exact) mass is 267 g/mol. The summed E-state index contributed by atoms with van der Waals surface area (Å²) in [6.45, 7) is 6.59. The molecule has 4 heteroatoms. The number of carbonyl (C=O) groups excluding carboxylic acids is 1. The second-order valence-electron chi connectivity index (χ2n) is 4.91. The maximum atomic E-state index is 11.5. The number of hydrogen-bond donors (Lipinski definition) is 1. The molecule has 1 N–H and O–H groups in total. The van der Waals surface area contributed by atoms with E-state index in [1.54, 1.807) is 11.8 Å². The number of hydrogen-bond acceptors (Lipinski definition) is 3. The molecule has 0 bridgehead atoms. The average Bonchev–Trinajstić information content (AvgIpc) is 2.33. The van der Waals surface area contributed by atoms with Gasteiger partial charge in [0.2, 0.25) is 5.91 Å². The fraction of sp³-hybridized carbons (Fsp3) is 0.500. The SMILES string of the molecule is CC(C)(C)OCC(=O)NCCSc1ccccc1. The summed E-state index contributed by atoms with van der Waals surface area (Å²) in [6, 6.07) is 10.1. The molecular formula is C14H21NO2S. The molecular weight excluding hydrogens is 246 g/mol. The van der Waals surface area contributed by atoms with Crippen LogP contribution in [0.3, 0.4) is 0 Å². The van der Waals surface area contributed by atoms with E-state index < -0.39 is 0 Å². The maximum Gasteiger partial charge on any atom is 0.246 e. The first-order valence-corrected chi connectivity index (χ1v) is 7.04. The van der Waals surface area contributed by atoms with E-state index >= 15 is 0 Å². The van der Waals surface area contributed by atoms with Gasteiger partial charge in [-0.3, -0.25) is 4.79 Å². The fourth-order valence-corrected chi connectivity index (χ4v) is 2.00. The summed E-state index contributed by atoms with van der Waals surface area (Å²) in [5.74, 6) is 0.809. The Morgan fingerprint density at radius 3 is 2.56 bits per heavy atom. The van der Waals surface area contributed by atoms with E-state index in [9.17, 15) is 4.79 Å². The number of ether oxygens (including phenoxy) is 1. The highest BCUT2D eigenvalue weighted by Crippen LogP contribution is 2.15. The Morgan fingerprint density at radius 1 is 1.28 bits per heavy atom. The first-order chi connectivity index (χ1) is 8.47. The van der Waals surface area contributed by atoms with Gasteiger partial charge in [-0.1, -0.05) is 18.2 Å². The highest BCUT2D eigenvalue weighted by Gasteiger charge is 2.12. The van der Waals surface area contributed by atoms with Crippen LogP contribution in [0.4, 0.5) is 0 Å². The minimum Gasteiger partial charge on any atom is -0.366 e. The topological polar surface area (TPSA) is 38.3 Å². The van der Waals surface area contributed by atoms with Crippen LogP contribution in [-0.4, -0.2) is 30.4 Å². The molecule has 3 nitrogen and oxygen atoms in total. The summed E-state index contributed by atoms with van der Waals surface area (Å²) in [5, 5.41) is 2.84. The molecule has 1 aromatic carbocycles. The summed E-state index contributed by atoms with van der Waals surface area (Å²) >= 11 is 1.73. The molecule has 1 rings (SSSR count). The molecule has 100 valence electrons. The van der Waals surface area contributed by atoms with Crippen LogP contribution in [0.25, 0.3) is 0 Å². The van der Waals surface area contributed by atoms with Gasteiger partial charge in [0.25, 0.3) is 0 Å². The smallest absolute Gasteiger partial charge is 0.246 e. The number of rotatable bonds is 6. The zero-order chi connectivity index (χ0) is 13.4. The van der Waals surface area contributed by atoms with Gasteiger partial charge in [0.1, 0.15) is 6.61 Å². The fourth-order valence-electron chi connectivity index (χ4n) is 1.21. The second kappa shape index (κ2) is 7.44. The van der Waals surface area contributed by atoms with Crippen molar-refractivity contribution in [3.05, 3.63) is 30.3 Å². The quantitative estimate of drug-likeness (QED) is 0.636. The predicted octanol–water partition coefficient (Wildman–Crippen LogP) is 2.71. The van der Waals surface area contributed by atoms with Crippen LogP contribution >= 0.6 is 11.8 Å². The normalized spacial score (nSPS) is 11.3. The zero-order valence-electron chi connectivity index (χ0n) is 11.2. The molecule has 0 aliphatic rings. The second-order valence-corrected chi connectivity index (χ2v) is 6.08. The third-order valence-corrected chi connectivity index (χ3v) is 3.09. The highest BCUT2D eigenvalue weighted by molar-refractivity contribution is 7.99. The first-order valence-electron chi connectivity index (χ1n) is 6.06. The van der Waals surface area contributed by atoms with Crippen molar-refractivity contribution in [1.29, 1.82) is 0 Å². The van der Waals surface area contributed by atoms with Gasteiger partial charge in [-0.15, -0.1) is 11.8 Å². The summed E-state index contributed by atoms with van der Waals surface area (Å²) in [4.78, 5) is 12.7. The van der Waals surface area contributed by atoms with Crippen molar-refractivity contribution >= 4 is 17.7 Å². The summed E-state index contributed by atoms with van der Waals surface area (Å²) < 4.78 is 5.39. The Labute approximate surface area is 113 Å². The lowest BCUT2D eigenvalue weighted by Crippen LogP contribution is -2.33. The lowest BCUT2D eigenvalue weighted by Gasteiger charge is -2.18. The summed E-state index contributed by atoms with van der Waals surface area (Å²) in [6.07, 6.45) is 0. The molecule has 0 unspecified atom stereocenters. The van der Waals surface area contributed by atoms with Gasteiger partial charge in [0.05, 0.1) is 5.60 Å². The number of amides is 1. The maximum absolute atomic E-state index is 11.5. The summed E-state index contributed by atoms with van der Waals surface area (Å²) in [7, 11) is 0. The van der Waals surface area contributed by atoms with Gasteiger partial charge in [0, 0.05) is 17.2 Å². The molecule has 0 spiro atoms. The van der Waals surface area contributed by atoms with E-state index in [1.165, 1.54) is 4.90 Å². The predicted molar refractivity (Wildman–Crippen MR) is 75.9 cm³/mol. The number of nitrogens with one attached hydrogen (secondary N) is 1. The Bertz CT molecular complexity index is 360. The Morgan fingerprint density at radius 2 is 1.94 bits per heavy atom. The molecule has 0 radical (unpaired) electrons. The van der Waals surface area contributed by atoms with Gasteiger partial charge >= 0.3 is 0 Å². The number of carbonyl (C=O) groups is 1. The molecule has 1 amide bonds. The molecule has 0 saturated heterocycles. The van der Waals surface area contributed by atoms with E-state index in [2.05, 4.69) is 17.4 Å². The lowest BCUT2D eigenvalue weighted by molar-refractivity contribution is -0.130. The molecule has 0 fully saturated rings. The van der Waals surface area contributed by atoms with Crippen LogP contribution in [0.1, 0.15) is 20.8 Å². The van der Waals surface area contributed by atoms with E-state index in [4.69, 9.17) is 4.74 Å². The number of benzene rings is 1. The van der Waals surface area contributed by atoms with Crippen molar-refractivity contribution in [2.24, 2.45) is 0 Å². The Balaban J connectivity index is 2.09. The number of thioether (sulfide) groups is 1. The zero-order valence-corrected chi connectivity index (χ0v) is 12.0. The van der Waals surface area contributed by atoms with Gasteiger partial charge in [-0.25, -0.2) is 0 Å². The molecule has 0 heterocycles. The van der Waals surface area contributed by atoms with Crippen molar-refractivity contribution < 1.29 is 9.53 Å². The van der Waals surface area contributed by atoms with Gasteiger partial charge in [0.15, 0.2) is 0 Å². The third kappa shape index (κ3) is 7.35. The highest BCUT2D eigenvalue weighted by atomic mass is 32.2. The van der Waals surface area contributed by atoms with Crippen molar-refractivity contribution in [1.82, 2.24) is 5.32 Å². The average molecular weight is 267 g/mol. The molecule has 0 atom stereocenters. The van der Waals surface area contributed by atoms with Crippen LogP contribution in [0.2, 0.25) is 0 Å². The third-order valence-electron chi connectivity index (χ3n) is 2.07. The largest absolute Gasteiger partial charge is 0.366 e. The summed E-state index contributed by atoms with van der Waals surface area (Å²) in [5.41, 5.74) is -0.268. The van der Waals surface area contributed by atoms with E-state index in [1.807, 2.05) is 39.0 Å². The standard InChI is InChI=1S/C14H21NO2S/c1-14(2,3)17-11-13(16)15-9-10-18-12-7-5-4-6-8-12/h4-8H,9-11H2,1-3H3,(H,15,16). The van der Waals surface area contributed by atoms with E-state index in [-0.39, 0.29) is 18.1 Å². The molecule has 0 aliphatic heterocycles. The first kappa shape index (κ1) is 15.1. The van der Waals surface area contributed by atoms with Crippen molar-refractivity contribution in [3.63, 3.8) is 0 Å². The van der Waals surface area contributed by atoms with Gasteiger partial charge in [-0.05, 0) is 32.9 Å².